The molecule has 0 amide bonds. The Morgan fingerprint density at radius 3 is 2.40 bits per heavy atom. The van der Waals surface area contributed by atoms with Gasteiger partial charge in [0.25, 0.3) is 0 Å². The summed E-state index contributed by atoms with van der Waals surface area (Å²) >= 11 is 0. The molecule has 2 aliphatic heterocycles. The second kappa shape index (κ2) is 13.5. The molecule has 2 saturated heterocycles. The van der Waals surface area contributed by atoms with Crippen molar-refractivity contribution < 1.29 is 33.3 Å². The lowest BCUT2D eigenvalue weighted by atomic mass is 9.44. The van der Waals surface area contributed by atoms with Gasteiger partial charge in [0.1, 0.15) is 0 Å². The topological polar surface area (TPSA) is 80.3 Å². The van der Waals surface area contributed by atoms with E-state index in [1.807, 2.05) is 13.0 Å². The molecule has 6 fully saturated rings. The van der Waals surface area contributed by atoms with Crippen molar-refractivity contribution in [2.75, 3.05) is 0 Å². The van der Waals surface area contributed by atoms with Gasteiger partial charge in [-0.25, -0.2) is 9.59 Å². The average Bonchev–Trinajstić information content (AvgIpc) is 3.63. The van der Waals surface area contributed by atoms with Crippen LogP contribution in [0.1, 0.15) is 129 Å². The van der Waals surface area contributed by atoms with Gasteiger partial charge in [0.05, 0.1) is 17.8 Å². The van der Waals surface area contributed by atoms with Gasteiger partial charge in [-0.05, 0) is 129 Å². The minimum atomic E-state index is -0.783. The van der Waals surface area contributed by atoms with Crippen LogP contribution < -0.4 is 0 Å². The van der Waals surface area contributed by atoms with Gasteiger partial charge in [0.2, 0.25) is 0 Å². The summed E-state index contributed by atoms with van der Waals surface area (Å²) in [6, 6.07) is 8.83. The van der Waals surface area contributed by atoms with Crippen molar-refractivity contribution >= 4 is 12.1 Å². The first-order valence-corrected chi connectivity index (χ1v) is 19.4. The van der Waals surface area contributed by atoms with Crippen LogP contribution in [-0.2, 0) is 23.7 Å². The predicted molar refractivity (Wildman–Crippen MR) is 183 cm³/mol. The van der Waals surface area contributed by atoms with E-state index in [0.717, 1.165) is 48.3 Å². The van der Waals surface area contributed by atoms with Gasteiger partial charge < -0.3 is 23.7 Å². The summed E-state index contributed by atoms with van der Waals surface area (Å²) in [5, 5.41) is 0. The predicted octanol–water partition coefficient (Wildman–Crippen LogP) is 9.37. The molecular formula is C41H60O7. The Balaban J connectivity index is 0.974. The summed E-state index contributed by atoms with van der Waals surface area (Å²) in [7, 11) is 0. The maximum absolute atomic E-state index is 12.9. The molecule has 0 spiro atoms. The third-order valence-corrected chi connectivity index (χ3v) is 14.6. The number of hydrogen-bond acceptors (Lipinski definition) is 7. The Morgan fingerprint density at radius 1 is 0.896 bits per heavy atom. The zero-order valence-corrected chi connectivity index (χ0v) is 30.2. The van der Waals surface area contributed by atoms with Crippen molar-refractivity contribution in [1.82, 2.24) is 0 Å². The van der Waals surface area contributed by atoms with Crippen LogP contribution >= 0.6 is 0 Å². The van der Waals surface area contributed by atoms with Gasteiger partial charge in [0, 0.05) is 0 Å². The Bertz CT molecular complexity index is 1300. The highest BCUT2D eigenvalue weighted by Gasteiger charge is 2.61. The van der Waals surface area contributed by atoms with Crippen LogP contribution in [0.25, 0.3) is 0 Å². The van der Waals surface area contributed by atoms with E-state index in [-0.39, 0.29) is 6.10 Å². The second-order valence-corrected chi connectivity index (χ2v) is 17.6. The van der Waals surface area contributed by atoms with Gasteiger partial charge >= 0.3 is 12.1 Å². The molecule has 0 aromatic heterocycles. The Kier molecular flexibility index (Phi) is 9.69. The second-order valence-electron chi connectivity index (χ2n) is 17.6. The summed E-state index contributed by atoms with van der Waals surface area (Å²) < 4.78 is 30.0. The minimum absolute atomic E-state index is 0.0385. The maximum Gasteiger partial charge on any atom is 0.509 e. The van der Waals surface area contributed by atoms with E-state index in [1.54, 1.807) is 24.3 Å². The van der Waals surface area contributed by atoms with E-state index in [1.165, 1.54) is 64.2 Å². The molecule has 266 valence electrons. The number of ether oxygens (including phenoxy) is 5. The van der Waals surface area contributed by atoms with Gasteiger partial charge in [0.15, 0.2) is 24.6 Å². The van der Waals surface area contributed by atoms with Gasteiger partial charge in [-0.1, -0.05) is 72.1 Å². The van der Waals surface area contributed by atoms with Crippen molar-refractivity contribution in [3.05, 3.63) is 35.9 Å². The van der Waals surface area contributed by atoms with Crippen molar-refractivity contribution in [3.8, 4) is 0 Å². The van der Waals surface area contributed by atoms with Crippen LogP contribution in [0.15, 0.2) is 30.3 Å². The lowest BCUT2D eigenvalue weighted by Crippen LogP contribution is -2.59. The number of esters is 1. The number of hydrogen-bond donors (Lipinski definition) is 0. The first kappa shape index (κ1) is 34.3. The molecule has 0 N–H and O–H groups in total. The third-order valence-electron chi connectivity index (χ3n) is 14.6. The molecule has 14 atom stereocenters. The fourth-order valence-corrected chi connectivity index (χ4v) is 12.1. The Morgan fingerprint density at radius 2 is 1.62 bits per heavy atom. The molecule has 6 aliphatic rings. The van der Waals surface area contributed by atoms with Gasteiger partial charge in [-0.3, -0.25) is 0 Å². The van der Waals surface area contributed by atoms with Crippen molar-refractivity contribution in [3.63, 3.8) is 0 Å². The van der Waals surface area contributed by atoms with Crippen molar-refractivity contribution in [1.29, 1.82) is 0 Å². The zero-order valence-electron chi connectivity index (χ0n) is 30.2. The van der Waals surface area contributed by atoms with Gasteiger partial charge in [-0.2, -0.15) is 0 Å². The summed E-state index contributed by atoms with van der Waals surface area (Å²) in [6.45, 7) is 14.4. The zero-order chi connectivity index (χ0) is 33.8. The molecule has 48 heavy (non-hydrogen) atoms. The van der Waals surface area contributed by atoms with E-state index in [2.05, 4.69) is 34.6 Å². The van der Waals surface area contributed by atoms with Gasteiger partial charge in [-0.15, -0.1) is 0 Å². The van der Waals surface area contributed by atoms with Crippen LogP contribution in [0.4, 0.5) is 4.79 Å². The SMILES string of the molecule is CC(C)CCC[C@@H](C)[C@H]1CC[C@H]2[C@@H]3CC[C@H]4C[C@@H](O[C@H]5O[C@@H](C)[C@H](OC(=O)c6ccccc6)[C@H]6OC(=O)O[C@@H]56)CC[C@]4(C)[C@H]3CC[C@]12C. The fourth-order valence-electron chi connectivity index (χ4n) is 12.1. The Labute approximate surface area is 288 Å². The highest BCUT2D eigenvalue weighted by Crippen LogP contribution is 2.68. The van der Waals surface area contributed by atoms with E-state index >= 15 is 0 Å². The number of fused-ring (bicyclic) bond motifs is 6. The van der Waals surface area contributed by atoms with Crippen molar-refractivity contribution in [2.45, 2.75) is 155 Å². The number of benzene rings is 1. The molecular weight excluding hydrogens is 604 g/mol. The summed E-state index contributed by atoms with van der Waals surface area (Å²) in [5.74, 6) is 5.26. The molecule has 0 unspecified atom stereocenters. The van der Waals surface area contributed by atoms with E-state index in [4.69, 9.17) is 23.7 Å². The first-order valence-electron chi connectivity index (χ1n) is 19.4. The molecule has 1 aromatic rings. The highest BCUT2D eigenvalue weighted by atomic mass is 16.8. The standard InChI is InChI=1S/C41H60O7/c1-24(2)11-10-12-25(3)31-17-18-32-30-16-15-28-23-29(19-21-40(28,5)33(30)20-22-41(31,32)6)45-38-36-35(47-39(43)48-36)34(26(4)44-38)46-37(42)27-13-8-7-9-14-27/h7-9,13-14,24-26,28-36,38H,10-12,15-23H2,1-6H3/t25-,26+,28+,29+,30+,31-,32+,33+,34+,35-,36-,38-,40+,41-/m1/s1. The van der Waals surface area contributed by atoms with Crippen LogP contribution in [0.5, 0.6) is 0 Å². The number of carbonyl (C=O) groups excluding carboxylic acids is 2. The molecule has 7 heteroatoms. The van der Waals surface area contributed by atoms with Crippen LogP contribution in [-0.4, -0.2) is 48.9 Å². The van der Waals surface area contributed by atoms with Crippen molar-refractivity contribution in [2.24, 2.45) is 52.3 Å². The lowest BCUT2D eigenvalue weighted by Gasteiger charge is -2.61. The molecule has 7 rings (SSSR count). The Hall–Kier alpha value is -2.12. The smallest absolute Gasteiger partial charge is 0.452 e. The summed E-state index contributed by atoms with van der Waals surface area (Å²) in [4.78, 5) is 25.2. The van der Waals surface area contributed by atoms with Crippen LogP contribution in [0.3, 0.4) is 0 Å². The van der Waals surface area contributed by atoms with Crippen LogP contribution in [0, 0.1) is 52.3 Å². The van der Waals surface area contributed by atoms with E-state index < -0.39 is 42.8 Å². The molecule has 2 heterocycles. The third kappa shape index (κ3) is 6.22. The first-order chi connectivity index (χ1) is 23.0. The molecule has 4 aliphatic carbocycles. The summed E-state index contributed by atoms with van der Waals surface area (Å²) in [5.41, 5.74) is 1.31. The normalized spacial score (nSPS) is 44.1. The maximum atomic E-state index is 12.9. The van der Waals surface area contributed by atoms with Crippen LogP contribution in [0.2, 0.25) is 0 Å². The lowest BCUT2D eigenvalue weighted by molar-refractivity contribution is -0.289. The average molecular weight is 665 g/mol. The molecule has 0 bridgehead atoms. The molecule has 0 radical (unpaired) electrons. The van der Waals surface area contributed by atoms with E-state index in [9.17, 15) is 9.59 Å². The minimum Gasteiger partial charge on any atom is -0.452 e. The largest absolute Gasteiger partial charge is 0.509 e. The quantitative estimate of drug-likeness (QED) is 0.192. The molecule has 4 saturated carbocycles. The molecule has 1 aromatic carbocycles. The number of carbonyl (C=O) groups is 2. The molecule has 7 nitrogen and oxygen atoms in total. The fraction of sp³-hybridized carbons (Fsp3) is 0.805. The summed E-state index contributed by atoms with van der Waals surface area (Å²) in [6.07, 6.45) is 11.3. The highest BCUT2D eigenvalue weighted by molar-refractivity contribution is 5.89. The monoisotopic (exact) mass is 664 g/mol. The number of rotatable bonds is 9. The van der Waals surface area contributed by atoms with E-state index in [0.29, 0.717) is 22.3 Å².